The lowest BCUT2D eigenvalue weighted by Crippen LogP contribution is -2.53. The number of sulfonamides is 1. The minimum atomic E-state index is -3.82. The number of nitrogens with one attached hydrogen (secondary N) is 1. The van der Waals surface area contributed by atoms with Gasteiger partial charge in [0.25, 0.3) is 0 Å². The van der Waals surface area contributed by atoms with Crippen molar-refractivity contribution < 1.29 is 18.0 Å². The van der Waals surface area contributed by atoms with E-state index in [0.717, 1.165) is 48.2 Å². The number of aryl methyl sites for hydroxylation is 1. The topological polar surface area (TPSA) is 86.8 Å². The van der Waals surface area contributed by atoms with Crippen molar-refractivity contribution in [1.29, 1.82) is 0 Å². The van der Waals surface area contributed by atoms with Crippen LogP contribution in [0.2, 0.25) is 10.0 Å². The van der Waals surface area contributed by atoms with Gasteiger partial charge in [0.05, 0.1) is 11.9 Å². The van der Waals surface area contributed by atoms with Gasteiger partial charge in [0, 0.05) is 22.6 Å². The second kappa shape index (κ2) is 12.3. The third-order valence-corrected chi connectivity index (χ3v) is 8.12. The lowest BCUT2D eigenvalue weighted by atomic mass is 9.95. The fourth-order valence-corrected chi connectivity index (χ4v) is 5.58. The standard InChI is InChI=1S/C26H33Cl2N3O4S/c1-18-9-12-22(28)15-24(18)31(36(3,34)35)17-25(32)30(16-20-10-13-21(27)14-11-20)19(2)26(33)29-23-7-5-4-6-8-23/h9-15,19,23H,4-8,16-17H2,1-3H3,(H,29,33)/t19-/m1/s1. The van der Waals surface area contributed by atoms with Gasteiger partial charge in [-0.05, 0) is 62.1 Å². The van der Waals surface area contributed by atoms with Gasteiger partial charge in [0.2, 0.25) is 21.8 Å². The van der Waals surface area contributed by atoms with E-state index in [-0.39, 0.29) is 18.5 Å². The van der Waals surface area contributed by atoms with E-state index >= 15 is 0 Å². The van der Waals surface area contributed by atoms with Crippen molar-refractivity contribution in [1.82, 2.24) is 10.2 Å². The molecule has 10 heteroatoms. The number of amides is 2. The van der Waals surface area contributed by atoms with Gasteiger partial charge in [0.15, 0.2) is 0 Å². The molecule has 7 nitrogen and oxygen atoms in total. The molecule has 1 aliphatic carbocycles. The fourth-order valence-electron chi connectivity index (χ4n) is 4.38. The molecule has 0 heterocycles. The number of halogens is 2. The summed E-state index contributed by atoms with van der Waals surface area (Å²) in [5, 5.41) is 3.99. The van der Waals surface area contributed by atoms with Crippen LogP contribution < -0.4 is 9.62 Å². The number of nitrogens with zero attached hydrogens (tertiary/aromatic N) is 2. The number of rotatable bonds is 9. The molecule has 1 saturated carbocycles. The van der Waals surface area contributed by atoms with E-state index in [0.29, 0.717) is 21.3 Å². The number of hydrogen-bond donors (Lipinski definition) is 1. The monoisotopic (exact) mass is 553 g/mol. The van der Waals surface area contributed by atoms with Gasteiger partial charge in [0.1, 0.15) is 12.6 Å². The SMILES string of the molecule is Cc1ccc(Cl)cc1N(CC(=O)N(Cc1ccc(Cl)cc1)[C@H](C)C(=O)NC1CCCCC1)S(C)(=O)=O. The molecule has 1 fully saturated rings. The Morgan fingerprint density at radius 3 is 2.25 bits per heavy atom. The maximum Gasteiger partial charge on any atom is 0.244 e. The molecule has 1 N–H and O–H groups in total. The van der Waals surface area contributed by atoms with E-state index in [1.807, 2.05) is 0 Å². The quantitative estimate of drug-likeness (QED) is 0.476. The summed E-state index contributed by atoms with van der Waals surface area (Å²) >= 11 is 12.2. The molecule has 0 unspecified atom stereocenters. The van der Waals surface area contributed by atoms with Crippen LogP contribution >= 0.6 is 23.2 Å². The summed E-state index contributed by atoms with van der Waals surface area (Å²) in [5.74, 6) is -0.755. The van der Waals surface area contributed by atoms with E-state index in [2.05, 4.69) is 5.32 Å². The van der Waals surface area contributed by atoms with Crippen molar-refractivity contribution in [3.05, 3.63) is 63.6 Å². The summed E-state index contributed by atoms with van der Waals surface area (Å²) in [6, 6.07) is 11.1. The number of hydrogen-bond acceptors (Lipinski definition) is 4. The first kappa shape index (κ1) is 28.3. The molecule has 36 heavy (non-hydrogen) atoms. The summed E-state index contributed by atoms with van der Waals surface area (Å²) in [5.41, 5.74) is 1.75. The van der Waals surface area contributed by atoms with Crippen LogP contribution in [0.25, 0.3) is 0 Å². The molecule has 1 aliphatic rings. The van der Waals surface area contributed by atoms with Gasteiger partial charge in [-0.25, -0.2) is 8.42 Å². The highest BCUT2D eigenvalue weighted by atomic mass is 35.5. The predicted molar refractivity (Wildman–Crippen MR) is 145 cm³/mol. The summed E-state index contributed by atoms with van der Waals surface area (Å²) in [6.45, 7) is 3.08. The molecule has 3 rings (SSSR count). The zero-order valence-corrected chi connectivity index (χ0v) is 23.2. The van der Waals surface area contributed by atoms with Crippen LogP contribution in [0.5, 0.6) is 0 Å². The van der Waals surface area contributed by atoms with Crippen LogP contribution in [0.3, 0.4) is 0 Å². The van der Waals surface area contributed by atoms with E-state index in [1.54, 1.807) is 50.2 Å². The molecular weight excluding hydrogens is 521 g/mol. The normalized spacial score (nSPS) is 15.2. The number of benzene rings is 2. The smallest absolute Gasteiger partial charge is 0.244 e. The average molecular weight is 555 g/mol. The van der Waals surface area contributed by atoms with Crippen molar-refractivity contribution in [2.45, 2.75) is 64.6 Å². The summed E-state index contributed by atoms with van der Waals surface area (Å²) < 4.78 is 26.5. The first-order valence-electron chi connectivity index (χ1n) is 12.0. The number of carbonyl (C=O) groups is 2. The highest BCUT2D eigenvalue weighted by molar-refractivity contribution is 7.92. The van der Waals surface area contributed by atoms with Gasteiger partial charge in [-0.2, -0.15) is 0 Å². The van der Waals surface area contributed by atoms with E-state index in [4.69, 9.17) is 23.2 Å². The minimum absolute atomic E-state index is 0.0859. The maximum absolute atomic E-state index is 13.7. The minimum Gasteiger partial charge on any atom is -0.352 e. The second-order valence-corrected chi connectivity index (χ2v) is 12.1. The molecule has 0 saturated heterocycles. The molecule has 0 aliphatic heterocycles. The zero-order chi connectivity index (χ0) is 26.5. The van der Waals surface area contributed by atoms with Crippen molar-refractivity contribution in [2.24, 2.45) is 0 Å². The van der Waals surface area contributed by atoms with Crippen molar-refractivity contribution in [2.75, 3.05) is 17.1 Å². The molecule has 196 valence electrons. The Balaban J connectivity index is 1.89. The van der Waals surface area contributed by atoms with Gasteiger partial charge < -0.3 is 10.2 Å². The third kappa shape index (κ3) is 7.60. The second-order valence-electron chi connectivity index (χ2n) is 9.37. The van der Waals surface area contributed by atoms with Gasteiger partial charge in [-0.15, -0.1) is 0 Å². The average Bonchev–Trinajstić information content (AvgIpc) is 2.83. The van der Waals surface area contributed by atoms with Gasteiger partial charge in [-0.3, -0.25) is 13.9 Å². The maximum atomic E-state index is 13.7. The van der Waals surface area contributed by atoms with Crippen LogP contribution in [-0.4, -0.2) is 50.0 Å². The molecule has 0 aromatic heterocycles. The molecular formula is C26H33Cl2N3O4S. The molecule has 2 aromatic rings. The summed E-state index contributed by atoms with van der Waals surface area (Å²) in [7, 11) is -3.82. The Labute approximate surface area is 223 Å². The molecule has 0 radical (unpaired) electrons. The van der Waals surface area contributed by atoms with Crippen molar-refractivity contribution >= 4 is 50.7 Å². The molecule has 2 aromatic carbocycles. The lowest BCUT2D eigenvalue weighted by Gasteiger charge is -2.33. The van der Waals surface area contributed by atoms with Crippen LogP contribution in [0.15, 0.2) is 42.5 Å². The van der Waals surface area contributed by atoms with E-state index in [9.17, 15) is 18.0 Å². The van der Waals surface area contributed by atoms with Crippen LogP contribution in [0.4, 0.5) is 5.69 Å². The van der Waals surface area contributed by atoms with Gasteiger partial charge >= 0.3 is 0 Å². The van der Waals surface area contributed by atoms with Crippen LogP contribution in [0, 0.1) is 6.92 Å². The summed E-state index contributed by atoms with van der Waals surface area (Å²) in [6.07, 6.45) is 6.17. The lowest BCUT2D eigenvalue weighted by molar-refractivity contribution is -0.139. The first-order valence-corrected chi connectivity index (χ1v) is 14.6. The Bertz CT molecular complexity index is 1180. The van der Waals surface area contributed by atoms with Crippen LogP contribution in [-0.2, 0) is 26.2 Å². The van der Waals surface area contributed by atoms with E-state index in [1.165, 1.54) is 11.0 Å². The Morgan fingerprint density at radius 2 is 1.64 bits per heavy atom. The van der Waals surface area contributed by atoms with Crippen molar-refractivity contribution in [3.8, 4) is 0 Å². The molecule has 0 spiro atoms. The molecule has 0 bridgehead atoms. The molecule has 2 amide bonds. The first-order chi connectivity index (χ1) is 17.0. The Kier molecular flexibility index (Phi) is 9.66. The van der Waals surface area contributed by atoms with E-state index < -0.39 is 28.5 Å². The third-order valence-electron chi connectivity index (χ3n) is 6.50. The largest absolute Gasteiger partial charge is 0.352 e. The van der Waals surface area contributed by atoms with Gasteiger partial charge in [-0.1, -0.05) is 60.7 Å². The number of anilines is 1. The van der Waals surface area contributed by atoms with Crippen LogP contribution in [0.1, 0.15) is 50.2 Å². The Hall–Kier alpha value is -2.29. The summed E-state index contributed by atoms with van der Waals surface area (Å²) in [4.78, 5) is 28.3. The highest BCUT2D eigenvalue weighted by Crippen LogP contribution is 2.27. The highest BCUT2D eigenvalue weighted by Gasteiger charge is 2.31. The number of carbonyl (C=O) groups excluding carboxylic acids is 2. The fraction of sp³-hybridized carbons (Fsp3) is 0.462. The predicted octanol–water partition coefficient (Wildman–Crippen LogP) is 4.93. The van der Waals surface area contributed by atoms with Crippen molar-refractivity contribution in [3.63, 3.8) is 0 Å². The Morgan fingerprint density at radius 1 is 1.03 bits per heavy atom. The zero-order valence-electron chi connectivity index (χ0n) is 20.8. The molecule has 1 atom stereocenters.